The van der Waals surface area contributed by atoms with Crippen LogP contribution in [0.3, 0.4) is 0 Å². The van der Waals surface area contributed by atoms with Gasteiger partial charge in [-0.1, -0.05) is 12.5 Å². The normalized spacial score (nSPS) is 18.6. The standard InChI is InChI=1S/C20H29N3O3/c1-4-21-19(23-11-10-20(14-23)8-5-9-20)22-13-15-6-7-17(25-2)16(12-15)18(24)26-3/h6-7,12H,4-5,8-11,13-14H2,1-3H3,(H,21,22). The number of ether oxygens (including phenoxy) is 2. The summed E-state index contributed by atoms with van der Waals surface area (Å²) in [4.78, 5) is 19.1. The molecule has 0 radical (unpaired) electrons. The number of methoxy groups -OCH3 is 2. The minimum atomic E-state index is -0.397. The first kappa shape index (κ1) is 18.5. The first-order chi connectivity index (χ1) is 12.6. The van der Waals surface area contributed by atoms with Gasteiger partial charge in [-0.15, -0.1) is 0 Å². The molecule has 6 nitrogen and oxygen atoms in total. The fourth-order valence-corrected chi connectivity index (χ4v) is 3.92. The van der Waals surface area contributed by atoms with Gasteiger partial charge in [0.1, 0.15) is 11.3 Å². The number of benzene rings is 1. The molecule has 1 aliphatic heterocycles. The quantitative estimate of drug-likeness (QED) is 0.498. The summed E-state index contributed by atoms with van der Waals surface area (Å²) in [7, 11) is 2.92. The summed E-state index contributed by atoms with van der Waals surface area (Å²) in [6, 6.07) is 5.54. The molecule has 1 heterocycles. The lowest BCUT2D eigenvalue weighted by Gasteiger charge is -2.38. The number of guanidine groups is 1. The van der Waals surface area contributed by atoms with Crippen molar-refractivity contribution in [3.05, 3.63) is 29.3 Å². The average molecular weight is 359 g/mol. The molecule has 0 unspecified atom stereocenters. The van der Waals surface area contributed by atoms with Gasteiger partial charge in [-0.05, 0) is 49.3 Å². The van der Waals surface area contributed by atoms with Gasteiger partial charge < -0.3 is 19.7 Å². The Morgan fingerprint density at radius 2 is 2.12 bits per heavy atom. The molecule has 1 saturated heterocycles. The van der Waals surface area contributed by atoms with Crippen molar-refractivity contribution in [2.75, 3.05) is 33.9 Å². The van der Waals surface area contributed by atoms with Gasteiger partial charge in [-0.2, -0.15) is 0 Å². The third kappa shape index (κ3) is 3.79. The lowest BCUT2D eigenvalue weighted by Crippen LogP contribution is -2.42. The fourth-order valence-electron chi connectivity index (χ4n) is 3.92. The van der Waals surface area contributed by atoms with E-state index in [0.717, 1.165) is 31.2 Å². The summed E-state index contributed by atoms with van der Waals surface area (Å²) < 4.78 is 10.1. The van der Waals surface area contributed by atoms with Crippen molar-refractivity contribution < 1.29 is 14.3 Å². The molecule has 2 aliphatic rings. The zero-order valence-electron chi connectivity index (χ0n) is 16.0. The van der Waals surface area contributed by atoms with E-state index < -0.39 is 5.97 Å². The Balaban J connectivity index is 1.74. The molecule has 1 N–H and O–H groups in total. The van der Waals surface area contributed by atoms with E-state index in [4.69, 9.17) is 14.5 Å². The predicted octanol–water partition coefficient (Wildman–Crippen LogP) is 2.82. The van der Waals surface area contributed by atoms with Crippen LogP contribution in [0.5, 0.6) is 5.75 Å². The molecular weight excluding hydrogens is 330 g/mol. The Labute approximate surface area is 155 Å². The van der Waals surface area contributed by atoms with Crippen molar-refractivity contribution in [1.29, 1.82) is 0 Å². The Kier molecular flexibility index (Phi) is 5.69. The lowest BCUT2D eigenvalue weighted by atomic mass is 9.68. The third-order valence-corrected chi connectivity index (χ3v) is 5.57. The van der Waals surface area contributed by atoms with Gasteiger partial charge in [0.25, 0.3) is 0 Å². The van der Waals surface area contributed by atoms with Crippen LogP contribution < -0.4 is 10.1 Å². The van der Waals surface area contributed by atoms with Crippen molar-refractivity contribution in [3.63, 3.8) is 0 Å². The summed E-state index contributed by atoms with van der Waals surface area (Å²) in [5, 5.41) is 3.41. The van der Waals surface area contributed by atoms with E-state index in [1.54, 1.807) is 19.2 Å². The summed E-state index contributed by atoms with van der Waals surface area (Å²) in [5.41, 5.74) is 1.93. The second kappa shape index (κ2) is 7.98. The van der Waals surface area contributed by atoms with Gasteiger partial charge in [-0.3, -0.25) is 0 Å². The number of aliphatic imine (C=N–C) groups is 1. The molecule has 0 aromatic heterocycles. The summed E-state index contributed by atoms with van der Waals surface area (Å²) in [5.74, 6) is 1.08. The van der Waals surface area contributed by atoms with Crippen LogP contribution in [0, 0.1) is 5.41 Å². The number of esters is 1. The van der Waals surface area contributed by atoms with Crippen LogP contribution in [0.15, 0.2) is 23.2 Å². The van der Waals surface area contributed by atoms with Gasteiger partial charge in [0.05, 0.1) is 20.8 Å². The first-order valence-corrected chi connectivity index (χ1v) is 9.39. The molecule has 6 heteroatoms. The molecular formula is C20H29N3O3. The van der Waals surface area contributed by atoms with E-state index >= 15 is 0 Å². The Hall–Kier alpha value is -2.24. The highest BCUT2D eigenvalue weighted by molar-refractivity contribution is 5.92. The second-order valence-electron chi connectivity index (χ2n) is 7.22. The van der Waals surface area contributed by atoms with Crippen molar-refractivity contribution in [2.45, 2.75) is 39.2 Å². The van der Waals surface area contributed by atoms with E-state index in [0.29, 0.717) is 23.3 Å². The number of carbonyl (C=O) groups excluding carboxylic acids is 1. The predicted molar refractivity (Wildman–Crippen MR) is 102 cm³/mol. The molecule has 0 bridgehead atoms. The Morgan fingerprint density at radius 1 is 1.31 bits per heavy atom. The Bertz CT molecular complexity index is 683. The van der Waals surface area contributed by atoms with E-state index in [2.05, 4.69) is 17.1 Å². The number of hydrogen-bond acceptors (Lipinski definition) is 4. The molecule has 2 fully saturated rings. The number of nitrogens with one attached hydrogen (secondary N) is 1. The number of carbonyl (C=O) groups is 1. The molecule has 1 aromatic carbocycles. The maximum atomic E-state index is 11.9. The first-order valence-electron chi connectivity index (χ1n) is 9.39. The maximum absolute atomic E-state index is 11.9. The molecule has 1 saturated carbocycles. The van der Waals surface area contributed by atoms with Gasteiger partial charge in [0, 0.05) is 19.6 Å². The van der Waals surface area contributed by atoms with E-state index in [9.17, 15) is 4.79 Å². The van der Waals surface area contributed by atoms with Crippen LogP contribution in [0.1, 0.15) is 48.5 Å². The molecule has 142 valence electrons. The molecule has 0 atom stereocenters. The van der Waals surface area contributed by atoms with Crippen LogP contribution in [0.2, 0.25) is 0 Å². The highest BCUT2D eigenvalue weighted by Gasteiger charge is 2.43. The summed E-state index contributed by atoms with van der Waals surface area (Å²) in [6.07, 6.45) is 5.34. The minimum absolute atomic E-state index is 0.397. The molecule has 1 aliphatic carbocycles. The second-order valence-corrected chi connectivity index (χ2v) is 7.22. The zero-order chi connectivity index (χ0) is 18.6. The van der Waals surface area contributed by atoms with Crippen LogP contribution >= 0.6 is 0 Å². The van der Waals surface area contributed by atoms with Crippen molar-refractivity contribution >= 4 is 11.9 Å². The highest BCUT2D eigenvalue weighted by Crippen LogP contribution is 2.47. The number of rotatable bonds is 5. The van der Waals surface area contributed by atoms with E-state index in [-0.39, 0.29) is 0 Å². The van der Waals surface area contributed by atoms with Crippen LogP contribution in [0.4, 0.5) is 0 Å². The zero-order valence-corrected chi connectivity index (χ0v) is 16.0. The molecule has 1 aromatic rings. The van der Waals surface area contributed by atoms with Crippen LogP contribution in [-0.2, 0) is 11.3 Å². The van der Waals surface area contributed by atoms with E-state index in [1.807, 2.05) is 6.07 Å². The molecule has 26 heavy (non-hydrogen) atoms. The number of nitrogens with zero attached hydrogens (tertiary/aromatic N) is 2. The Morgan fingerprint density at radius 3 is 2.69 bits per heavy atom. The lowest BCUT2D eigenvalue weighted by molar-refractivity contribution is 0.0597. The van der Waals surface area contributed by atoms with Crippen molar-refractivity contribution in [3.8, 4) is 5.75 Å². The topological polar surface area (TPSA) is 63.2 Å². The monoisotopic (exact) mass is 359 g/mol. The highest BCUT2D eigenvalue weighted by atomic mass is 16.5. The number of hydrogen-bond donors (Lipinski definition) is 1. The van der Waals surface area contributed by atoms with Gasteiger partial charge >= 0.3 is 5.97 Å². The van der Waals surface area contributed by atoms with Gasteiger partial charge in [0.2, 0.25) is 0 Å². The fraction of sp³-hybridized carbons (Fsp3) is 0.600. The summed E-state index contributed by atoms with van der Waals surface area (Å²) >= 11 is 0. The molecule has 0 amide bonds. The van der Waals surface area contributed by atoms with E-state index in [1.165, 1.54) is 32.8 Å². The van der Waals surface area contributed by atoms with Crippen LogP contribution in [0.25, 0.3) is 0 Å². The maximum Gasteiger partial charge on any atom is 0.341 e. The third-order valence-electron chi connectivity index (χ3n) is 5.57. The largest absolute Gasteiger partial charge is 0.496 e. The minimum Gasteiger partial charge on any atom is -0.496 e. The summed E-state index contributed by atoms with van der Waals surface area (Å²) in [6.45, 7) is 5.63. The molecule has 3 rings (SSSR count). The smallest absolute Gasteiger partial charge is 0.341 e. The SMILES string of the molecule is CCNC(=NCc1ccc(OC)c(C(=O)OC)c1)N1CCC2(CCC2)C1. The van der Waals surface area contributed by atoms with Gasteiger partial charge in [0.15, 0.2) is 5.96 Å². The van der Waals surface area contributed by atoms with Gasteiger partial charge in [-0.25, -0.2) is 9.79 Å². The van der Waals surface area contributed by atoms with Crippen LogP contribution in [-0.4, -0.2) is 50.7 Å². The average Bonchev–Trinajstić information content (AvgIpc) is 3.10. The molecule has 1 spiro atoms. The number of likely N-dealkylation sites (tertiary alicyclic amines) is 1. The van der Waals surface area contributed by atoms with Crippen molar-refractivity contribution in [1.82, 2.24) is 10.2 Å². The van der Waals surface area contributed by atoms with Crippen molar-refractivity contribution in [2.24, 2.45) is 10.4 Å².